The number of benzene rings is 3. The summed E-state index contributed by atoms with van der Waals surface area (Å²) < 4.78 is 37.0. The Bertz CT molecular complexity index is 2500. The number of hydrogen-bond acceptors (Lipinski definition) is 15. The highest BCUT2D eigenvalue weighted by molar-refractivity contribution is 5.96. The minimum absolute atomic E-state index is 0.0108. The summed E-state index contributed by atoms with van der Waals surface area (Å²) in [5.74, 6) is -6.55. The van der Waals surface area contributed by atoms with E-state index in [1.54, 1.807) is 98.8 Å². The SMILES string of the molecule is CC(=O)O[C@H]1C(=O)[C@@]2(C)[C@@H]3[C@H](OC(=O)c4ccccc4)[C@]4(O)C[C@H](OC(=O)[C@H](O)[C@@H](NC(=O)c5ccccc5)c5cccc(c5)OC/C=C\CCC(=O)O[C@]35CO[C@@H]5C[C@@H]2O)C(C)=C1C4(C)C. The van der Waals surface area contributed by atoms with Crippen LogP contribution in [0.25, 0.3) is 0 Å². The highest BCUT2D eigenvalue weighted by atomic mass is 16.6. The molecule has 354 valence electrons. The summed E-state index contributed by atoms with van der Waals surface area (Å²) in [6, 6.07) is 21.0. The molecule has 6 bridgehead atoms. The van der Waals surface area contributed by atoms with Crippen molar-refractivity contribution in [3.63, 3.8) is 0 Å². The zero-order chi connectivity index (χ0) is 48.1. The maximum Gasteiger partial charge on any atom is 0.338 e. The van der Waals surface area contributed by atoms with Gasteiger partial charge in [-0.1, -0.05) is 74.5 Å². The molecule has 16 heteroatoms. The van der Waals surface area contributed by atoms with Gasteiger partial charge in [-0.05, 0) is 73.4 Å². The van der Waals surface area contributed by atoms with Crippen LogP contribution in [0, 0.1) is 16.7 Å². The molecule has 3 aromatic rings. The number of amides is 1. The molecule has 1 amide bonds. The fraction of sp³-hybridized carbons (Fsp3) is 0.451. The summed E-state index contributed by atoms with van der Waals surface area (Å²) in [5, 5.41) is 40.9. The standard InChI is InChI=1S/C51H55NO15/c1-28-34-26-51(61)44(66-46(59)31-18-11-7-12-19-31)42-49(5,43(57)41(64-29(2)53)38(28)48(51,3)4)35(54)25-36-50(42,27-63-36)67-37(55)22-13-8-14-23-62-33-21-15-20-32(24-33)39(40(56)47(60)65-34)52-45(58)30-16-9-6-10-17-30/h6-12,14-21,24,34-36,39-42,44,54,56,61H,13,22-23,25-27H2,1-5H3,(H,52,58)/b14-8-/t34-,35-,36+,39-,40+,41+,42-,44-,49+,50-,51+/m0/s1. The zero-order valence-electron chi connectivity index (χ0n) is 37.8. The lowest BCUT2D eigenvalue weighted by Crippen LogP contribution is -2.82. The molecule has 3 fully saturated rings. The molecule has 0 aromatic heterocycles. The largest absolute Gasteiger partial charge is 0.490 e. The lowest BCUT2D eigenvalue weighted by atomic mass is 9.44. The number of fused-ring (bicyclic) bond motifs is 4. The Labute approximate surface area is 387 Å². The Balaban J connectivity index is 1.33. The molecule has 11 atom stereocenters. The number of aliphatic hydroxyl groups is 3. The monoisotopic (exact) mass is 921 g/mol. The molecule has 4 N–H and O–H groups in total. The van der Waals surface area contributed by atoms with Gasteiger partial charge in [0.2, 0.25) is 0 Å². The van der Waals surface area contributed by atoms with Crippen molar-refractivity contribution in [1.29, 1.82) is 0 Å². The highest BCUT2D eigenvalue weighted by Crippen LogP contribution is 2.64. The average molecular weight is 922 g/mol. The van der Waals surface area contributed by atoms with Crippen molar-refractivity contribution in [3.05, 3.63) is 125 Å². The Morgan fingerprint density at radius 3 is 2.21 bits per heavy atom. The predicted molar refractivity (Wildman–Crippen MR) is 236 cm³/mol. The molecule has 2 saturated carbocycles. The molecule has 67 heavy (non-hydrogen) atoms. The van der Waals surface area contributed by atoms with Crippen LogP contribution in [0.1, 0.15) is 92.6 Å². The quantitative estimate of drug-likeness (QED) is 0.158. The lowest BCUT2D eigenvalue weighted by molar-refractivity contribution is -0.346. The van der Waals surface area contributed by atoms with Gasteiger partial charge in [-0.3, -0.25) is 19.2 Å². The Morgan fingerprint density at radius 2 is 1.55 bits per heavy atom. The molecule has 3 aliphatic carbocycles. The first-order chi connectivity index (χ1) is 31.8. The van der Waals surface area contributed by atoms with E-state index < -0.39 is 113 Å². The number of nitrogens with one attached hydrogen (secondary N) is 1. The van der Waals surface area contributed by atoms with Crippen molar-refractivity contribution >= 4 is 35.6 Å². The van der Waals surface area contributed by atoms with E-state index in [4.69, 9.17) is 28.4 Å². The van der Waals surface area contributed by atoms with Gasteiger partial charge < -0.3 is 49.1 Å². The second kappa shape index (κ2) is 18.1. The molecule has 1 spiro atoms. The molecule has 3 aromatic carbocycles. The molecular weight excluding hydrogens is 867 g/mol. The van der Waals surface area contributed by atoms with Crippen molar-refractivity contribution in [2.75, 3.05) is 13.2 Å². The summed E-state index contributed by atoms with van der Waals surface area (Å²) in [6.07, 6.45) is -7.35. The molecule has 1 saturated heterocycles. The van der Waals surface area contributed by atoms with E-state index in [1.165, 1.54) is 26.0 Å². The van der Waals surface area contributed by atoms with Crippen LogP contribution in [0.3, 0.4) is 0 Å². The van der Waals surface area contributed by atoms with Crippen LogP contribution in [0.2, 0.25) is 0 Å². The predicted octanol–water partition coefficient (Wildman–Crippen LogP) is 4.44. The smallest absolute Gasteiger partial charge is 0.338 e. The molecule has 2 heterocycles. The highest BCUT2D eigenvalue weighted by Gasteiger charge is 2.78. The Hall–Kier alpha value is -6.20. The number of carbonyl (C=O) groups is 6. The number of hydrogen-bond donors (Lipinski definition) is 4. The first kappa shape index (κ1) is 47.3. The zero-order valence-corrected chi connectivity index (χ0v) is 37.8. The van der Waals surface area contributed by atoms with Crippen LogP contribution in [0.5, 0.6) is 5.75 Å². The third-order valence-corrected chi connectivity index (χ3v) is 14.5. The van der Waals surface area contributed by atoms with Crippen molar-refractivity contribution in [3.8, 4) is 5.75 Å². The summed E-state index contributed by atoms with van der Waals surface area (Å²) in [7, 11) is 0. The summed E-state index contributed by atoms with van der Waals surface area (Å²) in [6.45, 7) is 6.89. The van der Waals surface area contributed by atoms with Gasteiger partial charge in [0.25, 0.3) is 5.91 Å². The maximum atomic E-state index is 15.7. The van der Waals surface area contributed by atoms with Gasteiger partial charge >= 0.3 is 23.9 Å². The van der Waals surface area contributed by atoms with Gasteiger partial charge in [-0.15, -0.1) is 0 Å². The second-order valence-corrected chi connectivity index (χ2v) is 18.7. The van der Waals surface area contributed by atoms with Gasteiger partial charge in [-0.2, -0.15) is 0 Å². The van der Waals surface area contributed by atoms with E-state index in [2.05, 4.69) is 5.32 Å². The number of carbonyl (C=O) groups excluding carboxylic acids is 6. The van der Waals surface area contributed by atoms with E-state index in [9.17, 15) is 39.3 Å². The fourth-order valence-corrected chi connectivity index (χ4v) is 10.8. The third kappa shape index (κ3) is 8.23. The maximum absolute atomic E-state index is 15.7. The number of allylic oxidation sites excluding steroid dienone is 1. The summed E-state index contributed by atoms with van der Waals surface area (Å²) in [4.78, 5) is 85.6. The van der Waals surface area contributed by atoms with Gasteiger partial charge in [0.1, 0.15) is 36.3 Å². The first-order valence-electron chi connectivity index (χ1n) is 22.4. The molecule has 0 unspecified atom stereocenters. The number of ether oxygens (including phenoxy) is 6. The molecular formula is C51H55NO15. The molecule has 0 radical (unpaired) electrons. The summed E-state index contributed by atoms with van der Waals surface area (Å²) >= 11 is 0. The van der Waals surface area contributed by atoms with E-state index in [0.29, 0.717) is 5.75 Å². The van der Waals surface area contributed by atoms with Crippen LogP contribution >= 0.6 is 0 Å². The van der Waals surface area contributed by atoms with E-state index in [1.807, 2.05) is 0 Å². The molecule has 2 aliphatic heterocycles. The van der Waals surface area contributed by atoms with Crippen LogP contribution in [0.15, 0.2) is 108 Å². The lowest BCUT2D eigenvalue weighted by Gasteiger charge is -2.67. The number of rotatable bonds is 5. The Kier molecular flexibility index (Phi) is 12.8. The van der Waals surface area contributed by atoms with Crippen molar-refractivity contribution in [2.45, 2.75) is 114 Å². The summed E-state index contributed by atoms with van der Waals surface area (Å²) in [5.41, 5.74) is -7.30. The Morgan fingerprint density at radius 1 is 0.866 bits per heavy atom. The second-order valence-electron chi connectivity index (χ2n) is 18.7. The van der Waals surface area contributed by atoms with Gasteiger partial charge in [0.05, 0.1) is 35.6 Å². The number of ketones is 1. The minimum Gasteiger partial charge on any atom is -0.490 e. The number of aliphatic hydroxyl groups excluding tert-OH is 2. The molecule has 5 aliphatic rings. The average Bonchev–Trinajstić information content (AvgIpc) is 3.30. The van der Waals surface area contributed by atoms with Crippen LogP contribution in [-0.4, -0.2) is 112 Å². The topological polar surface area (TPSA) is 231 Å². The van der Waals surface area contributed by atoms with Gasteiger partial charge in [-0.25, -0.2) is 9.59 Å². The van der Waals surface area contributed by atoms with Gasteiger partial charge in [0, 0.05) is 37.2 Å². The number of Topliss-reactive ketones (excluding diaryl/α,β-unsaturated/α-hetero) is 1. The number of esters is 4. The fourth-order valence-electron chi connectivity index (χ4n) is 10.8. The van der Waals surface area contributed by atoms with Gasteiger partial charge in [0.15, 0.2) is 23.6 Å². The molecule has 16 nitrogen and oxygen atoms in total. The van der Waals surface area contributed by atoms with Crippen LogP contribution in [-0.2, 0) is 42.9 Å². The van der Waals surface area contributed by atoms with Crippen molar-refractivity contribution in [1.82, 2.24) is 5.32 Å². The molecule has 8 rings (SSSR count). The third-order valence-electron chi connectivity index (χ3n) is 14.5. The van der Waals surface area contributed by atoms with E-state index >= 15 is 4.79 Å². The van der Waals surface area contributed by atoms with Crippen LogP contribution in [0.4, 0.5) is 0 Å². The minimum atomic E-state index is -2.42. The normalized spacial score (nSPS) is 34.2. The van der Waals surface area contributed by atoms with E-state index in [-0.39, 0.29) is 60.3 Å². The van der Waals surface area contributed by atoms with Crippen LogP contribution < -0.4 is 10.1 Å². The van der Waals surface area contributed by atoms with Crippen molar-refractivity contribution < 1.29 is 72.5 Å². The first-order valence-corrected chi connectivity index (χ1v) is 22.4. The van der Waals surface area contributed by atoms with Crippen molar-refractivity contribution in [2.24, 2.45) is 16.7 Å². The van der Waals surface area contributed by atoms with E-state index in [0.717, 1.165) is 6.92 Å².